The quantitative estimate of drug-likeness (QED) is 0.337. The highest BCUT2D eigenvalue weighted by molar-refractivity contribution is 9.10. The number of carbonyl (C=O) groups excluding carboxylic acids is 1. The third-order valence-electron chi connectivity index (χ3n) is 4.90. The van der Waals surface area contributed by atoms with Crippen molar-refractivity contribution in [1.82, 2.24) is 14.9 Å². The summed E-state index contributed by atoms with van der Waals surface area (Å²) in [6, 6.07) is 15.2. The van der Waals surface area contributed by atoms with E-state index in [2.05, 4.69) is 31.5 Å². The zero-order valence-corrected chi connectivity index (χ0v) is 19.8. The number of ether oxygens (including phenoxy) is 1. The molecule has 2 heterocycles. The van der Waals surface area contributed by atoms with E-state index in [0.717, 1.165) is 16.9 Å². The zero-order valence-electron chi connectivity index (χ0n) is 17.4. The molecule has 32 heavy (non-hydrogen) atoms. The second-order valence-corrected chi connectivity index (χ2v) is 8.45. The topological polar surface area (TPSA) is 82.2 Å². The molecule has 2 aromatic heterocycles. The molecule has 0 aliphatic heterocycles. The summed E-state index contributed by atoms with van der Waals surface area (Å²) in [6.45, 7) is 4.33. The number of aryl methyl sites for hydroxylation is 2. The fourth-order valence-electron chi connectivity index (χ4n) is 3.14. The Morgan fingerprint density at radius 2 is 1.94 bits per heavy atom. The van der Waals surface area contributed by atoms with Gasteiger partial charge < -0.3 is 14.6 Å². The summed E-state index contributed by atoms with van der Waals surface area (Å²) in [7, 11) is 0. The number of para-hydroxylation sites is 1. The first-order valence-corrected chi connectivity index (χ1v) is 11.0. The van der Waals surface area contributed by atoms with Crippen LogP contribution in [-0.4, -0.2) is 20.8 Å². The molecule has 164 valence electrons. The van der Waals surface area contributed by atoms with Crippen molar-refractivity contribution in [3.8, 4) is 5.75 Å². The number of amides is 1. The van der Waals surface area contributed by atoms with Crippen LogP contribution < -0.4 is 10.1 Å². The van der Waals surface area contributed by atoms with E-state index in [4.69, 9.17) is 20.9 Å². The lowest BCUT2D eigenvalue weighted by Gasteiger charge is -2.09. The largest absolute Gasteiger partial charge is 0.488 e. The Labute approximate surface area is 198 Å². The van der Waals surface area contributed by atoms with Gasteiger partial charge in [0.05, 0.1) is 16.6 Å². The van der Waals surface area contributed by atoms with Gasteiger partial charge >= 0.3 is 0 Å². The highest BCUT2D eigenvalue weighted by atomic mass is 79.9. The number of aromatic nitrogens is 3. The second-order valence-electron chi connectivity index (χ2n) is 7.19. The molecule has 0 saturated carbocycles. The first kappa shape index (κ1) is 22.1. The van der Waals surface area contributed by atoms with Gasteiger partial charge in [0.15, 0.2) is 11.5 Å². The molecular formula is C23H20BrClN4O3. The van der Waals surface area contributed by atoms with Gasteiger partial charge in [0.1, 0.15) is 18.1 Å². The Morgan fingerprint density at radius 1 is 1.19 bits per heavy atom. The Hall–Kier alpha value is -3.10. The Morgan fingerprint density at radius 3 is 2.72 bits per heavy atom. The van der Waals surface area contributed by atoms with Crippen LogP contribution in [0.2, 0.25) is 5.02 Å². The van der Waals surface area contributed by atoms with Crippen LogP contribution in [0.1, 0.15) is 32.9 Å². The number of nitrogens with one attached hydrogen (secondary N) is 1. The van der Waals surface area contributed by atoms with Crippen molar-refractivity contribution in [2.24, 2.45) is 0 Å². The summed E-state index contributed by atoms with van der Waals surface area (Å²) in [5.74, 6) is 1.19. The number of benzene rings is 2. The molecule has 0 unspecified atom stereocenters. The second kappa shape index (κ2) is 9.58. The molecule has 0 fully saturated rings. The molecule has 1 amide bonds. The van der Waals surface area contributed by atoms with Crippen molar-refractivity contribution >= 4 is 39.3 Å². The maximum absolute atomic E-state index is 12.9. The number of hydrogen-bond acceptors (Lipinski definition) is 5. The highest BCUT2D eigenvalue weighted by Crippen LogP contribution is 2.25. The van der Waals surface area contributed by atoms with Crippen LogP contribution in [0.5, 0.6) is 5.75 Å². The van der Waals surface area contributed by atoms with Gasteiger partial charge in [-0.1, -0.05) is 53.2 Å². The van der Waals surface area contributed by atoms with Crippen molar-refractivity contribution in [1.29, 1.82) is 0 Å². The normalized spacial score (nSPS) is 10.9. The van der Waals surface area contributed by atoms with E-state index < -0.39 is 5.91 Å². The van der Waals surface area contributed by atoms with Crippen molar-refractivity contribution < 1.29 is 14.1 Å². The van der Waals surface area contributed by atoms with Gasteiger partial charge in [0, 0.05) is 11.2 Å². The van der Waals surface area contributed by atoms with Crippen LogP contribution in [0.15, 0.2) is 63.7 Å². The van der Waals surface area contributed by atoms with E-state index in [1.807, 2.05) is 55.5 Å². The van der Waals surface area contributed by atoms with Crippen LogP contribution in [0.25, 0.3) is 0 Å². The van der Waals surface area contributed by atoms with Gasteiger partial charge in [-0.05, 0) is 53.0 Å². The molecule has 4 rings (SSSR count). The average Bonchev–Trinajstić information content (AvgIpc) is 3.31. The molecular weight excluding hydrogens is 496 g/mol. The van der Waals surface area contributed by atoms with Gasteiger partial charge in [-0.3, -0.25) is 9.48 Å². The van der Waals surface area contributed by atoms with Crippen molar-refractivity contribution in [3.63, 3.8) is 0 Å². The first-order valence-electron chi connectivity index (χ1n) is 9.83. The van der Waals surface area contributed by atoms with Crippen molar-refractivity contribution in [2.75, 3.05) is 5.32 Å². The Kier molecular flexibility index (Phi) is 6.62. The predicted octanol–water partition coefficient (Wildman–Crippen LogP) is 5.78. The summed E-state index contributed by atoms with van der Waals surface area (Å²) in [4.78, 5) is 12.9. The molecule has 0 aliphatic carbocycles. The van der Waals surface area contributed by atoms with Gasteiger partial charge in [-0.25, -0.2) is 0 Å². The summed E-state index contributed by atoms with van der Waals surface area (Å²) < 4.78 is 13.5. The maximum Gasteiger partial charge on any atom is 0.279 e. The Bertz CT molecular complexity index is 1270. The molecule has 7 nitrogen and oxygen atoms in total. The van der Waals surface area contributed by atoms with Gasteiger partial charge in [-0.15, -0.1) is 0 Å². The lowest BCUT2D eigenvalue weighted by Crippen LogP contribution is -2.16. The number of rotatable bonds is 7. The Balaban J connectivity index is 1.48. The predicted molar refractivity (Wildman–Crippen MR) is 125 cm³/mol. The van der Waals surface area contributed by atoms with E-state index in [9.17, 15) is 4.79 Å². The van der Waals surface area contributed by atoms with Crippen LogP contribution in [0.3, 0.4) is 0 Å². The third-order valence-corrected chi connectivity index (χ3v) is 5.85. The summed E-state index contributed by atoms with van der Waals surface area (Å²) in [6.07, 6.45) is 1.77. The molecule has 0 atom stereocenters. The summed E-state index contributed by atoms with van der Waals surface area (Å²) in [5, 5.41) is 11.8. The van der Waals surface area contributed by atoms with Gasteiger partial charge in [-0.2, -0.15) is 5.10 Å². The number of halogens is 2. The molecule has 0 bridgehead atoms. The average molecular weight is 516 g/mol. The van der Waals surface area contributed by atoms with E-state index in [1.165, 1.54) is 0 Å². The summed E-state index contributed by atoms with van der Waals surface area (Å²) >= 11 is 9.68. The minimum Gasteiger partial charge on any atom is -0.488 e. The molecule has 9 heteroatoms. The fourth-order valence-corrected chi connectivity index (χ4v) is 3.75. The number of carbonyl (C=O) groups is 1. The fraction of sp³-hybridized carbons (Fsp3) is 0.174. The van der Waals surface area contributed by atoms with E-state index >= 15 is 0 Å². The van der Waals surface area contributed by atoms with E-state index in [0.29, 0.717) is 33.2 Å². The van der Waals surface area contributed by atoms with Gasteiger partial charge in [0.2, 0.25) is 0 Å². The minimum absolute atomic E-state index is 0.156. The standard InChI is InChI=1S/C23H20BrClN4O3/c1-14-7-3-6-10-20(14)31-13-17-15(2)32-28-21(17)23(30)26-22-18(24)12-29(27-22)11-16-8-4-5-9-19(16)25/h3-10,12H,11,13H2,1-2H3,(H,26,27,30). The highest BCUT2D eigenvalue weighted by Gasteiger charge is 2.22. The molecule has 1 N–H and O–H groups in total. The number of hydrogen-bond donors (Lipinski definition) is 1. The number of anilines is 1. The van der Waals surface area contributed by atoms with Gasteiger partial charge in [0.25, 0.3) is 5.91 Å². The minimum atomic E-state index is -0.436. The van der Waals surface area contributed by atoms with Crippen molar-refractivity contribution in [3.05, 3.63) is 92.4 Å². The monoisotopic (exact) mass is 514 g/mol. The maximum atomic E-state index is 12.9. The van der Waals surface area contributed by atoms with Crippen LogP contribution in [0, 0.1) is 13.8 Å². The SMILES string of the molecule is Cc1ccccc1OCc1c(C(=O)Nc2nn(Cc3ccccc3Cl)cc2Br)noc1C. The van der Waals surface area contributed by atoms with E-state index in [-0.39, 0.29) is 12.3 Å². The molecule has 0 spiro atoms. The molecule has 0 aliphatic rings. The lowest BCUT2D eigenvalue weighted by molar-refractivity contribution is 0.101. The summed E-state index contributed by atoms with van der Waals surface area (Å²) in [5.41, 5.74) is 2.66. The van der Waals surface area contributed by atoms with Crippen LogP contribution in [0.4, 0.5) is 5.82 Å². The number of nitrogens with zero attached hydrogens (tertiary/aromatic N) is 3. The lowest BCUT2D eigenvalue weighted by atomic mass is 10.2. The van der Waals surface area contributed by atoms with Crippen molar-refractivity contribution in [2.45, 2.75) is 27.0 Å². The molecule has 2 aromatic carbocycles. The molecule has 0 radical (unpaired) electrons. The van der Waals surface area contributed by atoms with Crippen LogP contribution >= 0.6 is 27.5 Å². The van der Waals surface area contributed by atoms with E-state index in [1.54, 1.807) is 17.8 Å². The van der Waals surface area contributed by atoms with Crippen LogP contribution in [-0.2, 0) is 13.2 Å². The smallest absolute Gasteiger partial charge is 0.279 e. The zero-order chi connectivity index (χ0) is 22.7. The first-order chi connectivity index (χ1) is 15.4. The molecule has 0 saturated heterocycles. The third kappa shape index (κ3) is 4.87. The molecule has 4 aromatic rings.